The number of fused-ring (bicyclic) bond motifs is 2. The summed E-state index contributed by atoms with van der Waals surface area (Å²) in [7, 11) is 0. The predicted octanol–water partition coefficient (Wildman–Crippen LogP) is 3.89. The highest BCUT2D eigenvalue weighted by Crippen LogP contribution is 2.34. The third-order valence-corrected chi connectivity index (χ3v) is 5.47. The summed E-state index contributed by atoms with van der Waals surface area (Å²) in [5.41, 5.74) is 1.40. The first-order valence-corrected chi connectivity index (χ1v) is 8.28. The molecule has 2 heterocycles. The van der Waals surface area contributed by atoms with Gasteiger partial charge >= 0.3 is 0 Å². The SMILES string of the molecule is Brc1ccc(N2CCN3CCCC3C2)c2ccccc12. The van der Waals surface area contributed by atoms with Gasteiger partial charge in [-0.3, -0.25) is 4.90 Å². The Labute approximate surface area is 128 Å². The van der Waals surface area contributed by atoms with Crippen molar-refractivity contribution in [3.05, 3.63) is 40.9 Å². The van der Waals surface area contributed by atoms with Crippen LogP contribution in [0.5, 0.6) is 0 Å². The lowest BCUT2D eigenvalue weighted by molar-refractivity contribution is 0.231. The van der Waals surface area contributed by atoms with Crippen molar-refractivity contribution in [3.63, 3.8) is 0 Å². The van der Waals surface area contributed by atoms with Gasteiger partial charge in [0.2, 0.25) is 0 Å². The molecule has 2 saturated heterocycles. The minimum Gasteiger partial charge on any atom is -0.368 e. The molecule has 0 aliphatic carbocycles. The zero-order valence-electron chi connectivity index (χ0n) is 11.6. The van der Waals surface area contributed by atoms with Crippen molar-refractivity contribution in [2.24, 2.45) is 0 Å². The van der Waals surface area contributed by atoms with Gasteiger partial charge in [-0.2, -0.15) is 0 Å². The third-order valence-electron chi connectivity index (χ3n) is 4.78. The van der Waals surface area contributed by atoms with Gasteiger partial charge in [0.1, 0.15) is 0 Å². The zero-order chi connectivity index (χ0) is 13.5. The first kappa shape index (κ1) is 12.7. The van der Waals surface area contributed by atoms with E-state index in [1.54, 1.807) is 0 Å². The highest BCUT2D eigenvalue weighted by Gasteiger charge is 2.31. The second-order valence-corrected chi connectivity index (χ2v) is 6.74. The molecule has 2 aliphatic heterocycles. The molecule has 0 N–H and O–H groups in total. The van der Waals surface area contributed by atoms with Crippen LogP contribution in [0.25, 0.3) is 10.8 Å². The Bertz CT molecular complexity index is 640. The van der Waals surface area contributed by atoms with Gasteiger partial charge < -0.3 is 4.90 Å². The Morgan fingerprint density at radius 3 is 2.70 bits per heavy atom. The highest BCUT2D eigenvalue weighted by molar-refractivity contribution is 9.10. The fourth-order valence-corrected chi connectivity index (χ4v) is 4.21. The number of benzene rings is 2. The van der Waals surface area contributed by atoms with Crippen LogP contribution < -0.4 is 4.90 Å². The molecule has 3 heteroatoms. The number of piperazine rings is 1. The highest BCUT2D eigenvalue weighted by atomic mass is 79.9. The van der Waals surface area contributed by atoms with E-state index in [-0.39, 0.29) is 0 Å². The van der Waals surface area contributed by atoms with Crippen molar-refractivity contribution in [1.29, 1.82) is 0 Å². The molecule has 4 rings (SSSR count). The average Bonchev–Trinajstić information content (AvgIpc) is 2.95. The summed E-state index contributed by atoms with van der Waals surface area (Å²) in [6.45, 7) is 4.86. The number of halogens is 1. The normalized spacial score (nSPS) is 23.2. The van der Waals surface area contributed by atoms with Crippen molar-refractivity contribution < 1.29 is 0 Å². The first-order chi connectivity index (χ1) is 9.83. The molecule has 20 heavy (non-hydrogen) atoms. The third kappa shape index (κ3) is 2.04. The summed E-state index contributed by atoms with van der Waals surface area (Å²) in [6.07, 6.45) is 2.74. The molecule has 0 saturated carbocycles. The fourth-order valence-electron chi connectivity index (χ4n) is 3.73. The molecule has 1 atom stereocenters. The lowest BCUT2D eigenvalue weighted by Gasteiger charge is -2.39. The monoisotopic (exact) mass is 330 g/mol. The van der Waals surface area contributed by atoms with Gasteiger partial charge in [0.25, 0.3) is 0 Å². The van der Waals surface area contributed by atoms with E-state index in [1.165, 1.54) is 53.4 Å². The predicted molar refractivity (Wildman–Crippen MR) is 88.5 cm³/mol. The molecule has 2 aliphatic rings. The molecule has 2 aromatic carbocycles. The smallest absolute Gasteiger partial charge is 0.0447 e. The van der Waals surface area contributed by atoms with Crippen molar-refractivity contribution in [2.75, 3.05) is 31.1 Å². The van der Waals surface area contributed by atoms with Crippen molar-refractivity contribution in [2.45, 2.75) is 18.9 Å². The molecule has 2 fully saturated rings. The van der Waals surface area contributed by atoms with Gasteiger partial charge in [0, 0.05) is 41.2 Å². The Balaban J connectivity index is 1.73. The van der Waals surface area contributed by atoms with Crippen LogP contribution in [0.3, 0.4) is 0 Å². The van der Waals surface area contributed by atoms with E-state index in [1.807, 2.05) is 0 Å². The minimum absolute atomic E-state index is 0.770. The first-order valence-electron chi connectivity index (χ1n) is 7.49. The molecule has 104 valence electrons. The van der Waals surface area contributed by atoms with Crippen molar-refractivity contribution in [1.82, 2.24) is 4.90 Å². The van der Waals surface area contributed by atoms with Gasteiger partial charge in [-0.05, 0) is 36.9 Å². The Hall–Kier alpha value is -1.06. The summed E-state index contributed by atoms with van der Waals surface area (Å²) < 4.78 is 1.19. The molecular formula is C17H19BrN2. The average molecular weight is 331 g/mol. The standard InChI is InChI=1S/C17H19BrN2/c18-16-7-8-17(15-6-2-1-5-14(15)16)20-11-10-19-9-3-4-13(19)12-20/h1-2,5-8,13H,3-4,9-12H2. The van der Waals surface area contributed by atoms with Crippen LogP contribution in [0, 0.1) is 0 Å². The number of nitrogens with zero attached hydrogens (tertiary/aromatic N) is 2. The van der Waals surface area contributed by atoms with Gasteiger partial charge in [-0.25, -0.2) is 0 Å². The van der Waals surface area contributed by atoms with E-state index in [4.69, 9.17) is 0 Å². The van der Waals surface area contributed by atoms with Crippen LogP contribution in [0.1, 0.15) is 12.8 Å². The maximum atomic E-state index is 3.67. The van der Waals surface area contributed by atoms with Crippen LogP contribution in [0.15, 0.2) is 40.9 Å². The van der Waals surface area contributed by atoms with Crippen LogP contribution in [0.4, 0.5) is 5.69 Å². The Morgan fingerprint density at radius 1 is 0.950 bits per heavy atom. The molecule has 2 aromatic rings. The van der Waals surface area contributed by atoms with Gasteiger partial charge in [-0.1, -0.05) is 40.2 Å². The van der Waals surface area contributed by atoms with E-state index >= 15 is 0 Å². The summed E-state index contributed by atoms with van der Waals surface area (Å²) in [4.78, 5) is 5.25. The van der Waals surface area contributed by atoms with Crippen molar-refractivity contribution >= 4 is 32.4 Å². The number of hydrogen-bond acceptors (Lipinski definition) is 2. The van der Waals surface area contributed by atoms with Crippen LogP contribution >= 0.6 is 15.9 Å². The summed E-state index contributed by atoms with van der Waals surface area (Å²) >= 11 is 3.67. The van der Waals surface area contributed by atoms with Gasteiger partial charge in [0.15, 0.2) is 0 Å². The second-order valence-electron chi connectivity index (χ2n) is 5.89. The van der Waals surface area contributed by atoms with Crippen LogP contribution in [-0.4, -0.2) is 37.1 Å². The Morgan fingerprint density at radius 2 is 1.80 bits per heavy atom. The number of hydrogen-bond donors (Lipinski definition) is 0. The largest absolute Gasteiger partial charge is 0.368 e. The maximum Gasteiger partial charge on any atom is 0.0447 e. The van der Waals surface area contributed by atoms with Crippen molar-refractivity contribution in [3.8, 4) is 0 Å². The van der Waals surface area contributed by atoms with E-state index in [0.29, 0.717) is 0 Å². The van der Waals surface area contributed by atoms with Gasteiger partial charge in [0.05, 0.1) is 0 Å². The van der Waals surface area contributed by atoms with E-state index in [0.717, 1.165) is 12.6 Å². The quantitative estimate of drug-likeness (QED) is 0.782. The molecule has 0 radical (unpaired) electrons. The fraction of sp³-hybridized carbons (Fsp3) is 0.412. The van der Waals surface area contributed by atoms with Crippen LogP contribution in [-0.2, 0) is 0 Å². The van der Waals surface area contributed by atoms with E-state index in [2.05, 4.69) is 62.1 Å². The Kier molecular flexibility index (Phi) is 3.20. The molecule has 0 amide bonds. The summed E-state index contributed by atoms with van der Waals surface area (Å²) in [5.74, 6) is 0. The topological polar surface area (TPSA) is 6.48 Å². The lowest BCUT2D eigenvalue weighted by Crippen LogP contribution is -2.50. The molecule has 0 bridgehead atoms. The minimum atomic E-state index is 0.770. The van der Waals surface area contributed by atoms with Crippen LogP contribution in [0.2, 0.25) is 0 Å². The second kappa shape index (κ2) is 5.05. The molecule has 2 nitrogen and oxygen atoms in total. The molecular weight excluding hydrogens is 312 g/mol. The maximum absolute atomic E-state index is 3.67. The van der Waals surface area contributed by atoms with E-state index < -0.39 is 0 Å². The molecule has 0 aromatic heterocycles. The zero-order valence-corrected chi connectivity index (χ0v) is 13.1. The summed E-state index contributed by atoms with van der Waals surface area (Å²) in [6, 6.07) is 13.9. The number of rotatable bonds is 1. The summed E-state index contributed by atoms with van der Waals surface area (Å²) in [5, 5.41) is 2.69. The lowest BCUT2D eigenvalue weighted by atomic mass is 10.1. The molecule has 1 unspecified atom stereocenters. The number of anilines is 1. The van der Waals surface area contributed by atoms with Gasteiger partial charge in [-0.15, -0.1) is 0 Å². The van der Waals surface area contributed by atoms with E-state index in [9.17, 15) is 0 Å². The molecule has 0 spiro atoms.